The van der Waals surface area contributed by atoms with Gasteiger partial charge in [0, 0.05) is 0 Å². The first-order chi connectivity index (χ1) is 5.00. The third-order valence-corrected chi connectivity index (χ3v) is 1.30. The van der Waals surface area contributed by atoms with Crippen molar-refractivity contribution in [2.75, 3.05) is 5.73 Å². The summed E-state index contributed by atoms with van der Waals surface area (Å²) < 4.78 is 0. The molecule has 0 fully saturated rings. The molecule has 4 nitrogen and oxygen atoms in total. The third-order valence-electron chi connectivity index (χ3n) is 1.30. The van der Waals surface area contributed by atoms with E-state index in [-0.39, 0.29) is 0 Å². The number of nitrogen functional groups attached to an aromatic ring is 1. The average molecular weight is 153 g/mol. The number of hydrogen-bond donors (Lipinski definition) is 2. The van der Waals surface area contributed by atoms with Crippen molar-refractivity contribution in [2.24, 2.45) is 0 Å². The highest BCUT2D eigenvalue weighted by atomic mass is 16.3. The lowest BCUT2D eigenvalue weighted by Gasteiger charge is -2.15. The molecule has 0 amide bonds. The highest BCUT2D eigenvalue weighted by Gasteiger charge is 2.17. The minimum absolute atomic E-state index is 0.359. The molecule has 60 valence electrons. The van der Waals surface area contributed by atoms with E-state index in [0.29, 0.717) is 11.5 Å². The SMILES string of the molecule is CC(C)(O)c1cnc(N)cn1. The van der Waals surface area contributed by atoms with E-state index < -0.39 is 5.60 Å². The first kappa shape index (κ1) is 7.94. The van der Waals surface area contributed by atoms with Crippen LogP contribution in [0.2, 0.25) is 0 Å². The van der Waals surface area contributed by atoms with Crippen LogP contribution in [-0.4, -0.2) is 15.1 Å². The van der Waals surface area contributed by atoms with Crippen LogP contribution in [0.1, 0.15) is 19.5 Å². The van der Waals surface area contributed by atoms with Crippen LogP contribution in [0.5, 0.6) is 0 Å². The number of rotatable bonds is 1. The summed E-state index contributed by atoms with van der Waals surface area (Å²) in [4.78, 5) is 7.71. The zero-order chi connectivity index (χ0) is 8.48. The maximum atomic E-state index is 9.44. The third kappa shape index (κ3) is 1.88. The van der Waals surface area contributed by atoms with Gasteiger partial charge in [-0.15, -0.1) is 0 Å². The Morgan fingerprint density at radius 3 is 2.36 bits per heavy atom. The van der Waals surface area contributed by atoms with Gasteiger partial charge in [0.25, 0.3) is 0 Å². The molecule has 0 unspecified atom stereocenters. The van der Waals surface area contributed by atoms with E-state index in [2.05, 4.69) is 9.97 Å². The lowest BCUT2D eigenvalue weighted by Crippen LogP contribution is -2.17. The van der Waals surface area contributed by atoms with E-state index >= 15 is 0 Å². The smallest absolute Gasteiger partial charge is 0.141 e. The number of aliphatic hydroxyl groups is 1. The van der Waals surface area contributed by atoms with Gasteiger partial charge in [-0.05, 0) is 13.8 Å². The number of aromatic nitrogens is 2. The molecule has 1 heterocycles. The van der Waals surface area contributed by atoms with Crippen LogP contribution in [-0.2, 0) is 5.60 Å². The lowest BCUT2D eigenvalue weighted by atomic mass is 10.1. The molecule has 0 aliphatic heterocycles. The normalized spacial score (nSPS) is 11.5. The second kappa shape index (κ2) is 2.47. The maximum Gasteiger partial charge on any atom is 0.141 e. The summed E-state index contributed by atoms with van der Waals surface area (Å²) in [5.74, 6) is 0.359. The van der Waals surface area contributed by atoms with Gasteiger partial charge in [-0.25, -0.2) is 4.98 Å². The molecule has 0 saturated heterocycles. The van der Waals surface area contributed by atoms with E-state index in [4.69, 9.17) is 5.73 Å². The van der Waals surface area contributed by atoms with E-state index in [1.54, 1.807) is 13.8 Å². The summed E-state index contributed by atoms with van der Waals surface area (Å²) in [7, 11) is 0. The van der Waals surface area contributed by atoms with Crippen LogP contribution in [0.15, 0.2) is 12.4 Å². The first-order valence-corrected chi connectivity index (χ1v) is 3.30. The quantitative estimate of drug-likeness (QED) is 0.608. The lowest BCUT2D eigenvalue weighted by molar-refractivity contribution is 0.0735. The Balaban J connectivity index is 2.99. The molecule has 0 radical (unpaired) electrons. The Kier molecular flexibility index (Phi) is 1.78. The van der Waals surface area contributed by atoms with E-state index in [1.165, 1.54) is 12.4 Å². The topological polar surface area (TPSA) is 72.0 Å². The Hall–Kier alpha value is -1.16. The van der Waals surface area contributed by atoms with Gasteiger partial charge < -0.3 is 10.8 Å². The Labute approximate surface area is 65.1 Å². The summed E-state index contributed by atoms with van der Waals surface area (Å²) in [6.45, 7) is 3.29. The molecular formula is C7H11N3O. The molecular weight excluding hydrogens is 142 g/mol. The van der Waals surface area contributed by atoms with Crippen molar-refractivity contribution in [1.29, 1.82) is 0 Å². The number of nitrogens with two attached hydrogens (primary N) is 1. The minimum Gasteiger partial charge on any atom is -0.384 e. The fourth-order valence-electron chi connectivity index (χ4n) is 0.654. The van der Waals surface area contributed by atoms with E-state index in [1.807, 2.05) is 0 Å². The number of hydrogen-bond acceptors (Lipinski definition) is 4. The van der Waals surface area contributed by atoms with Crippen LogP contribution in [0, 0.1) is 0 Å². The van der Waals surface area contributed by atoms with Gasteiger partial charge in [0.05, 0.1) is 18.1 Å². The van der Waals surface area contributed by atoms with Crippen molar-refractivity contribution in [1.82, 2.24) is 9.97 Å². The molecule has 1 aromatic rings. The second-order valence-electron chi connectivity index (χ2n) is 2.89. The number of anilines is 1. The predicted molar refractivity (Wildman–Crippen MR) is 41.7 cm³/mol. The zero-order valence-corrected chi connectivity index (χ0v) is 6.57. The Morgan fingerprint density at radius 2 is 2.00 bits per heavy atom. The Bertz CT molecular complexity index is 237. The summed E-state index contributed by atoms with van der Waals surface area (Å²) in [5, 5.41) is 9.44. The van der Waals surface area contributed by atoms with Crippen molar-refractivity contribution >= 4 is 5.82 Å². The fraction of sp³-hybridized carbons (Fsp3) is 0.429. The van der Waals surface area contributed by atoms with Crippen molar-refractivity contribution < 1.29 is 5.11 Å². The van der Waals surface area contributed by atoms with Gasteiger partial charge in [0.2, 0.25) is 0 Å². The molecule has 0 aromatic carbocycles. The standard InChI is InChI=1S/C7H11N3O/c1-7(2,11)5-3-10-6(8)4-9-5/h3-4,11H,1-2H3,(H2,8,10). The van der Waals surface area contributed by atoms with E-state index in [9.17, 15) is 5.11 Å². The highest BCUT2D eigenvalue weighted by Crippen LogP contribution is 2.15. The first-order valence-electron chi connectivity index (χ1n) is 3.30. The van der Waals surface area contributed by atoms with Gasteiger partial charge in [0.15, 0.2) is 0 Å². The molecule has 0 aliphatic rings. The minimum atomic E-state index is -0.944. The van der Waals surface area contributed by atoms with Gasteiger partial charge in [-0.3, -0.25) is 4.98 Å². The molecule has 1 aromatic heterocycles. The highest BCUT2D eigenvalue weighted by molar-refractivity contribution is 5.24. The average Bonchev–Trinajstić information content (AvgIpc) is 1.86. The van der Waals surface area contributed by atoms with Gasteiger partial charge in [-0.1, -0.05) is 0 Å². The molecule has 0 saturated carbocycles. The number of nitrogens with zero attached hydrogens (tertiary/aromatic N) is 2. The zero-order valence-electron chi connectivity index (χ0n) is 6.57. The second-order valence-corrected chi connectivity index (χ2v) is 2.89. The predicted octanol–water partition coefficient (Wildman–Crippen LogP) is 0.286. The largest absolute Gasteiger partial charge is 0.384 e. The Morgan fingerprint density at radius 1 is 1.36 bits per heavy atom. The molecule has 3 N–H and O–H groups in total. The van der Waals surface area contributed by atoms with Gasteiger partial charge in [0.1, 0.15) is 11.4 Å². The molecule has 0 bridgehead atoms. The van der Waals surface area contributed by atoms with Crippen molar-refractivity contribution in [3.63, 3.8) is 0 Å². The maximum absolute atomic E-state index is 9.44. The van der Waals surface area contributed by atoms with Crippen molar-refractivity contribution in [3.05, 3.63) is 18.1 Å². The monoisotopic (exact) mass is 153 g/mol. The summed E-state index contributed by atoms with van der Waals surface area (Å²) >= 11 is 0. The molecule has 11 heavy (non-hydrogen) atoms. The fourth-order valence-corrected chi connectivity index (χ4v) is 0.654. The molecule has 1 rings (SSSR count). The van der Waals surface area contributed by atoms with Crippen LogP contribution < -0.4 is 5.73 Å². The van der Waals surface area contributed by atoms with Crippen molar-refractivity contribution in [2.45, 2.75) is 19.4 Å². The molecule has 4 heteroatoms. The van der Waals surface area contributed by atoms with Crippen molar-refractivity contribution in [3.8, 4) is 0 Å². The molecule has 0 aliphatic carbocycles. The van der Waals surface area contributed by atoms with Crippen LogP contribution in [0.4, 0.5) is 5.82 Å². The molecule has 0 spiro atoms. The van der Waals surface area contributed by atoms with Crippen LogP contribution in [0.3, 0.4) is 0 Å². The van der Waals surface area contributed by atoms with Crippen LogP contribution in [0.25, 0.3) is 0 Å². The molecule has 0 atom stereocenters. The summed E-state index contributed by atoms with van der Waals surface area (Å²) in [6.07, 6.45) is 2.89. The summed E-state index contributed by atoms with van der Waals surface area (Å²) in [5.41, 5.74) is 4.89. The van der Waals surface area contributed by atoms with E-state index in [0.717, 1.165) is 0 Å². The van der Waals surface area contributed by atoms with Crippen LogP contribution >= 0.6 is 0 Å². The van der Waals surface area contributed by atoms with Gasteiger partial charge >= 0.3 is 0 Å². The summed E-state index contributed by atoms with van der Waals surface area (Å²) in [6, 6.07) is 0. The van der Waals surface area contributed by atoms with Gasteiger partial charge in [-0.2, -0.15) is 0 Å².